The van der Waals surface area contributed by atoms with E-state index in [9.17, 15) is 4.79 Å². The summed E-state index contributed by atoms with van der Waals surface area (Å²) in [5.41, 5.74) is 0.864. The number of amides is 2. The fourth-order valence-electron chi connectivity index (χ4n) is 1.46. The Kier molecular flexibility index (Phi) is 5.58. The van der Waals surface area contributed by atoms with Crippen LogP contribution in [0.5, 0.6) is 0 Å². The lowest BCUT2D eigenvalue weighted by Gasteiger charge is -2.23. The molecule has 1 aromatic heterocycles. The van der Waals surface area contributed by atoms with Crippen LogP contribution in [0.15, 0.2) is 24.5 Å². The first-order valence-corrected chi connectivity index (χ1v) is 6.05. The Balaban J connectivity index is 2.26. The van der Waals surface area contributed by atoms with Gasteiger partial charge in [-0.2, -0.15) is 0 Å². The summed E-state index contributed by atoms with van der Waals surface area (Å²) in [6.45, 7) is 5.13. The minimum Gasteiger partial charge on any atom is -0.396 e. The van der Waals surface area contributed by atoms with Crippen LogP contribution in [0.3, 0.4) is 0 Å². The van der Waals surface area contributed by atoms with Crippen LogP contribution in [0.2, 0.25) is 0 Å². The molecule has 0 saturated heterocycles. The molecule has 5 heteroatoms. The molecule has 0 radical (unpaired) electrons. The van der Waals surface area contributed by atoms with E-state index in [1.165, 1.54) is 0 Å². The SMILES string of the molecule is CC(C)(CCO)CNC(=O)NCc1cccnc1. The van der Waals surface area contributed by atoms with E-state index >= 15 is 0 Å². The van der Waals surface area contributed by atoms with Gasteiger partial charge in [0.05, 0.1) is 0 Å². The molecule has 1 heterocycles. The number of carbonyl (C=O) groups is 1. The van der Waals surface area contributed by atoms with Gasteiger partial charge in [-0.1, -0.05) is 19.9 Å². The van der Waals surface area contributed by atoms with E-state index in [4.69, 9.17) is 5.11 Å². The van der Waals surface area contributed by atoms with E-state index in [1.807, 2.05) is 26.0 Å². The van der Waals surface area contributed by atoms with Gasteiger partial charge in [-0.15, -0.1) is 0 Å². The van der Waals surface area contributed by atoms with Crippen LogP contribution in [0.4, 0.5) is 4.79 Å². The molecular weight excluding hydrogens is 230 g/mol. The van der Waals surface area contributed by atoms with Crippen molar-refractivity contribution in [3.63, 3.8) is 0 Å². The van der Waals surface area contributed by atoms with Crippen LogP contribution in [0, 0.1) is 5.41 Å². The van der Waals surface area contributed by atoms with Crippen molar-refractivity contribution in [1.82, 2.24) is 15.6 Å². The summed E-state index contributed by atoms with van der Waals surface area (Å²) < 4.78 is 0. The second-order valence-electron chi connectivity index (χ2n) is 5.04. The van der Waals surface area contributed by atoms with Crippen LogP contribution < -0.4 is 10.6 Å². The molecule has 0 saturated carbocycles. The van der Waals surface area contributed by atoms with Gasteiger partial charge in [-0.25, -0.2) is 4.79 Å². The predicted octanol–water partition coefficient (Wildman–Crippen LogP) is 1.29. The molecule has 5 nitrogen and oxygen atoms in total. The molecule has 18 heavy (non-hydrogen) atoms. The molecule has 0 aromatic carbocycles. The van der Waals surface area contributed by atoms with Crippen molar-refractivity contribution >= 4 is 6.03 Å². The summed E-state index contributed by atoms with van der Waals surface area (Å²) >= 11 is 0. The summed E-state index contributed by atoms with van der Waals surface area (Å²) in [4.78, 5) is 15.5. The van der Waals surface area contributed by atoms with Crippen molar-refractivity contribution in [2.75, 3.05) is 13.2 Å². The molecule has 3 N–H and O–H groups in total. The number of nitrogens with one attached hydrogen (secondary N) is 2. The lowest BCUT2D eigenvalue weighted by molar-refractivity contribution is 0.201. The highest BCUT2D eigenvalue weighted by molar-refractivity contribution is 5.73. The predicted molar refractivity (Wildman–Crippen MR) is 70.0 cm³/mol. The summed E-state index contributed by atoms with van der Waals surface area (Å²) in [5.74, 6) is 0. The molecule has 0 aliphatic carbocycles. The van der Waals surface area contributed by atoms with E-state index in [1.54, 1.807) is 12.4 Å². The number of aromatic nitrogens is 1. The molecule has 0 aliphatic rings. The van der Waals surface area contributed by atoms with E-state index in [0.29, 0.717) is 19.5 Å². The second-order valence-corrected chi connectivity index (χ2v) is 5.04. The molecule has 0 bridgehead atoms. The number of hydrogen-bond donors (Lipinski definition) is 3. The first-order valence-electron chi connectivity index (χ1n) is 6.05. The Morgan fingerprint density at radius 2 is 2.22 bits per heavy atom. The lowest BCUT2D eigenvalue weighted by Crippen LogP contribution is -2.40. The van der Waals surface area contributed by atoms with Crippen LogP contribution in [0.1, 0.15) is 25.8 Å². The van der Waals surface area contributed by atoms with Crippen molar-refractivity contribution in [1.29, 1.82) is 0 Å². The van der Waals surface area contributed by atoms with Gasteiger partial charge in [0, 0.05) is 32.1 Å². The van der Waals surface area contributed by atoms with Crippen LogP contribution in [-0.4, -0.2) is 29.3 Å². The third kappa shape index (κ3) is 5.63. The standard InChI is InChI=1S/C13H21N3O2/c1-13(2,5-7-17)10-16-12(18)15-9-11-4-3-6-14-8-11/h3-4,6,8,17H,5,7,9-10H2,1-2H3,(H2,15,16,18). The fraction of sp³-hybridized carbons (Fsp3) is 0.538. The fourth-order valence-corrected chi connectivity index (χ4v) is 1.46. The summed E-state index contributed by atoms with van der Waals surface area (Å²) in [6, 6.07) is 3.53. The van der Waals surface area contributed by atoms with Gasteiger partial charge in [0.25, 0.3) is 0 Å². The maximum atomic E-state index is 11.6. The molecule has 1 aromatic rings. The van der Waals surface area contributed by atoms with Gasteiger partial charge in [0.15, 0.2) is 0 Å². The highest BCUT2D eigenvalue weighted by atomic mass is 16.3. The molecule has 0 fully saturated rings. The van der Waals surface area contributed by atoms with E-state index in [-0.39, 0.29) is 18.1 Å². The highest BCUT2D eigenvalue weighted by Gasteiger charge is 2.17. The monoisotopic (exact) mass is 251 g/mol. The Morgan fingerprint density at radius 1 is 1.44 bits per heavy atom. The van der Waals surface area contributed by atoms with Crippen molar-refractivity contribution in [2.45, 2.75) is 26.8 Å². The van der Waals surface area contributed by atoms with E-state index in [2.05, 4.69) is 15.6 Å². The minimum atomic E-state index is -0.204. The number of nitrogens with zero attached hydrogens (tertiary/aromatic N) is 1. The normalized spacial score (nSPS) is 11.1. The average molecular weight is 251 g/mol. The van der Waals surface area contributed by atoms with Crippen LogP contribution >= 0.6 is 0 Å². The zero-order chi connectivity index (χ0) is 13.4. The summed E-state index contributed by atoms with van der Waals surface area (Å²) in [7, 11) is 0. The minimum absolute atomic E-state index is 0.0968. The van der Waals surface area contributed by atoms with Crippen molar-refractivity contribution in [3.05, 3.63) is 30.1 Å². The number of carbonyl (C=O) groups excluding carboxylic acids is 1. The topological polar surface area (TPSA) is 74.2 Å². The molecule has 100 valence electrons. The van der Waals surface area contributed by atoms with Gasteiger partial charge < -0.3 is 15.7 Å². The smallest absolute Gasteiger partial charge is 0.315 e. The number of aliphatic hydroxyl groups is 1. The Hall–Kier alpha value is -1.62. The summed E-state index contributed by atoms with van der Waals surface area (Å²) in [6.07, 6.45) is 4.08. The molecule has 0 aliphatic heterocycles. The zero-order valence-electron chi connectivity index (χ0n) is 10.9. The van der Waals surface area contributed by atoms with Crippen LogP contribution in [0.25, 0.3) is 0 Å². The maximum absolute atomic E-state index is 11.6. The first-order chi connectivity index (χ1) is 8.53. The third-order valence-electron chi connectivity index (χ3n) is 2.69. The Labute approximate surface area is 108 Å². The maximum Gasteiger partial charge on any atom is 0.315 e. The van der Waals surface area contributed by atoms with Gasteiger partial charge in [-0.05, 0) is 23.5 Å². The average Bonchev–Trinajstić information content (AvgIpc) is 2.35. The van der Waals surface area contributed by atoms with Gasteiger partial charge >= 0.3 is 6.03 Å². The van der Waals surface area contributed by atoms with Crippen LogP contribution in [-0.2, 0) is 6.54 Å². The zero-order valence-corrected chi connectivity index (χ0v) is 10.9. The molecular formula is C13H21N3O2. The largest absolute Gasteiger partial charge is 0.396 e. The highest BCUT2D eigenvalue weighted by Crippen LogP contribution is 2.17. The number of urea groups is 1. The first kappa shape index (κ1) is 14.4. The Morgan fingerprint density at radius 3 is 2.83 bits per heavy atom. The van der Waals surface area contributed by atoms with E-state index in [0.717, 1.165) is 5.56 Å². The number of rotatable bonds is 6. The number of hydrogen-bond acceptors (Lipinski definition) is 3. The second kappa shape index (κ2) is 6.96. The molecule has 0 atom stereocenters. The quantitative estimate of drug-likeness (QED) is 0.713. The third-order valence-corrected chi connectivity index (χ3v) is 2.69. The van der Waals surface area contributed by atoms with Crippen molar-refractivity contribution < 1.29 is 9.90 Å². The molecule has 2 amide bonds. The molecule has 1 rings (SSSR count). The van der Waals surface area contributed by atoms with Gasteiger partial charge in [0.2, 0.25) is 0 Å². The van der Waals surface area contributed by atoms with Crippen molar-refractivity contribution in [3.8, 4) is 0 Å². The summed E-state index contributed by atoms with van der Waals surface area (Å²) in [5, 5.41) is 14.4. The molecule has 0 unspecified atom stereocenters. The van der Waals surface area contributed by atoms with Gasteiger partial charge in [-0.3, -0.25) is 4.98 Å². The van der Waals surface area contributed by atoms with Gasteiger partial charge in [0.1, 0.15) is 0 Å². The van der Waals surface area contributed by atoms with E-state index < -0.39 is 0 Å². The van der Waals surface area contributed by atoms with Crippen molar-refractivity contribution in [2.24, 2.45) is 5.41 Å². The Bertz CT molecular complexity index is 366. The lowest BCUT2D eigenvalue weighted by atomic mass is 9.90. The number of aliphatic hydroxyl groups excluding tert-OH is 1. The molecule has 0 spiro atoms. The number of pyridine rings is 1.